The molecule has 1 unspecified atom stereocenters. The van der Waals surface area contributed by atoms with Crippen molar-refractivity contribution in [2.24, 2.45) is 0 Å². The number of rotatable bonds is 6. The van der Waals surface area contributed by atoms with Gasteiger partial charge in [0.2, 0.25) is 0 Å². The minimum Gasteiger partial charge on any atom is -0.476 e. The van der Waals surface area contributed by atoms with Gasteiger partial charge >= 0.3 is 5.97 Å². The molecule has 0 amide bonds. The topological polar surface area (TPSA) is 105 Å². The summed E-state index contributed by atoms with van der Waals surface area (Å²) in [7, 11) is 1.52. The molecule has 1 heterocycles. The van der Waals surface area contributed by atoms with E-state index in [-0.39, 0.29) is 18.3 Å². The number of aliphatic hydroxyl groups excluding tert-OH is 1. The van der Waals surface area contributed by atoms with Crippen molar-refractivity contribution in [1.82, 2.24) is 9.97 Å². The molecule has 1 aromatic heterocycles. The van der Waals surface area contributed by atoms with Crippen LogP contribution in [-0.4, -0.2) is 52.5 Å². The van der Waals surface area contributed by atoms with Gasteiger partial charge in [-0.25, -0.2) is 14.8 Å². The summed E-state index contributed by atoms with van der Waals surface area (Å²) in [4.78, 5) is 18.0. The minimum absolute atomic E-state index is 0.115. The number of hydrogen-bond acceptors (Lipinski definition) is 6. The standard InChI is InChI=1S/C9H13N3O4/c1-16-5-6(4-13)12-8-3-10-7(2-11-8)9(14)15/h2-3,6,13H,4-5H2,1H3,(H,11,12)(H,14,15). The normalized spacial score (nSPS) is 12.1. The highest BCUT2D eigenvalue weighted by Crippen LogP contribution is 2.03. The van der Waals surface area contributed by atoms with Crippen molar-refractivity contribution >= 4 is 11.8 Å². The Bertz CT molecular complexity index is 341. The van der Waals surface area contributed by atoms with Crippen molar-refractivity contribution in [3.05, 3.63) is 18.1 Å². The van der Waals surface area contributed by atoms with Gasteiger partial charge in [0, 0.05) is 7.11 Å². The molecule has 16 heavy (non-hydrogen) atoms. The van der Waals surface area contributed by atoms with Crippen LogP contribution in [0.3, 0.4) is 0 Å². The summed E-state index contributed by atoms with van der Waals surface area (Å²) >= 11 is 0. The average molecular weight is 227 g/mol. The van der Waals surface area contributed by atoms with E-state index in [1.54, 1.807) is 0 Å². The van der Waals surface area contributed by atoms with E-state index in [0.29, 0.717) is 12.4 Å². The molecule has 7 nitrogen and oxygen atoms in total. The van der Waals surface area contributed by atoms with Crippen LogP contribution in [0, 0.1) is 0 Å². The lowest BCUT2D eigenvalue weighted by atomic mass is 10.3. The minimum atomic E-state index is -1.13. The molecule has 7 heteroatoms. The first-order chi connectivity index (χ1) is 7.67. The number of aromatic nitrogens is 2. The van der Waals surface area contributed by atoms with Crippen molar-refractivity contribution in [1.29, 1.82) is 0 Å². The fourth-order valence-corrected chi connectivity index (χ4v) is 1.06. The third-order valence-electron chi connectivity index (χ3n) is 1.81. The molecule has 0 bridgehead atoms. The van der Waals surface area contributed by atoms with Crippen LogP contribution in [0.1, 0.15) is 10.5 Å². The second-order valence-electron chi connectivity index (χ2n) is 3.07. The Morgan fingerprint density at radius 1 is 1.56 bits per heavy atom. The lowest BCUT2D eigenvalue weighted by Crippen LogP contribution is -2.29. The number of aliphatic hydroxyl groups is 1. The Kier molecular flexibility index (Phi) is 4.62. The molecule has 0 spiro atoms. The number of nitrogens with zero attached hydrogens (tertiary/aromatic N) is 2. The van der Waals surface area contributed by atoms with E-state index in [1.165, 1.54) is 13.3 Å². The largest absolute Gasteiger partial charge is 0.476 e. The summed E-state index contributed by atoms with van der Waals surface area (Å²) in [6.07, 6.45) is 2.44. The molecule has 0 radical (unpaired) electrons. The summed E-state index contributed by atoms with van der Waals surface area (Å²) in [6.45, 7) is 0.203. The quantitative estimate of drug-likeness (QED) is 0.607. The van der Waals surface area contributed by atoms with Crippen LogP contribution in [0.4, 0.5) is 5.82 Å². The zero-order valence-corrected chi connectivity index (χ0v) is 8.75. The summed E-state index contributed by atoms with van der Waals surface area (Å²) in [5, 5.41) is 20.4. The van der Waals surface area contributed by atoms with Crippen LogP contribution in [0.5, 0.6) is 0 Å². The SMILES string of the molecule is COCC(CO)Nc1cnc(C(=O)O)cn1. The van der Waals surface area contributed by atoms with E-state index in [0.717, 1.165) is 6.20 Å². The second kappa shape index (κ2) is 5.99. The van der Waals surface area contributed by atoms with Crippen LogP contribution >= 0.6 is 0 Å². The van der Waals surface area contributed by atoms with Crippen molar-refractivity contribution in [3.63, 3.8) is 0 Å². The number of hydrogen-bond donors (Lipinski definition) is 3. The first-order valence-corrected chi connectivity index (χ1v) is 4.59. The second-order valence-corrected chi connectivity index (χ2v) is 3.07. The number of carboxylic acid groups (broad SMARTS) is 1. The third-order valence-corrected chi connectivity index (χ3v) is 1.81. The van der Waals surface area contributed by atoms with Crippen molar-refractivity contribution in [2.45, 2.75) is 6.04 Å². The number of anilines is 1. The highest BCUT2D eigenvalue weighted by atomic mass is 16.5. The Labute approximate surface area is 92.1 Å². The first kappa shape index (κ1) is 12.3. The van der Waals surface area contributed by atoms with E-state index in [4.69, 9.17) is 14.9 Å². The lowest BCUT2D eigenvalue weighted by molar-refractivity contribution is 0.0690. The Morgan fingerprint density at radius 2 is 2.31 bits per heavy atom. The number of carboxylic acids is 1. The summed E-state index contributed by atoms with van der Waals surface area (Å²) in [5.74, 6) is -0.740. The van der Waals surface area contributed by atoms with Gasteiger partial charge in [-0.1, -0.05) is 0 Å². The first-order valence-electron chi connectivity index (χ1n) is 4.59. The molecule has 0 saturated carbocycles. The maximum Gasteiger partial charge on any atom is 0.356 e. The average Bonchev–Trinajstić information content (AvgIpc) is 2.29. The van der Waals surface area contributed by atoms with Gasteiger partial charge in [-0.15, -0.1) is 0 Å². The molecular formula is C9H13N3O4. The monoisotopic (exact) mass is 227 g/mol. The molecule has 88 valence electrons. The zero-order chi connectivity index (χ0) is 12.0. The molecule has 0 saturated heterocycles. The van der Waals surface area contributed by atoms with Gasteiger partial charge < -0.3 is 20.3 Å². The predicted octanol–water partition coefficient (Wildman–Crippen LogP) is -0.406. The third kappa shape index (κ3) is 3.44. The number of aromatic carboxylic acids is 1. The number of carbonyl (C=O) groups is 1. The smallest absolute Gasteiger partial charge is 0.356 e. The van der Waals surface area contributed by atoms with Gasteiger partial charge in [0.05, 0.1) is 31.6 Å². The van der Waals surface area contributed by atoms with Crippen LogP contribution in [0.25, 0.3) is 0 Å². The highest BCUT2D eigenvalue weighted by molar-refractivity contribution is 5.84. The van der Waals surface area contributed by atoms with Gasteiger partial charge in [0.25, 0.3) is 0 Å². The Morgan fingerprint density at radius 3 is 2.75 bits per heavy atom. The fourth-order valence-electron chi connectivity index (χ4n) is 1.06. The molecule has 1 atom stereocenters. The zero-order valence-electron chi connectivity index (χ0n) is 8.75. The predicted molar refractivity (Wildman–Crippen MR) is 55.4 cm³/mol. The van der Waals surface area contributed by atoms with Crippen molar-refractivity contribution < 1.29 is 19.7 Å². The number of nitrogens with one attached hydrogen (secondary N) is 1. The van der Waals surface area contributed by atoms with Gasteiger partial charge in [0.1, 0.15) is 5.82 Å². The molecule has 0 aromatic carbocycles. The van der Waals surface area contributed by atoms with Gasteiger partial charge in [-0.3, -0.25) is 0 Å². The van der Waals surface area contributed by atoms with Gasteiger partial charge in [-0.2, -0.15) is 0 Å². The highest BCUT2D eigenvalue weighted by Gasteiger charge is 2.09. The fraction of sp³-hybridized carbons (Fsp3) is 0.444. The molecule has 0 aliphatic rings. The van der Waals surface area contributed by atoms with Gasteiger partial charge in [-0.05, 0) is 0 Å². The molecule has 0 fully saturated rings. The molecule has 0 aliphatic heterocycles. The molecule has 1 rings (SSSR count). The van der Waals surface area contributed by atoms with Crippen LogP contribution in [0.2, 0.25) is 0 Å². The molecular weight excluding hydrogens is 214 g/mol. The summed E-state index contributed by atoms with van der Waals surface area (Å²) < 4.78 is 4.86. The van der Waals surface area contributed by atoms with Crippen LogP contribution in [0.15, 0.2) is 12.4 Å². The molecule has 3 N–H and O–H groups in total. The van der Waals surface area contributed by atoms with Crippen molar-refractivity contribution in [2.75, 3.05) is 25.6 Å². The molecule has 0 aliphatic carbocycles. The number of methoxy groups -OCH3 is 1. The van der Waals surface area contributed by atoms with E-state index >= 15 is 0 Å². The van der Waals surface area contributed by atoms with Gasteiger partial charge in [0.15, 0.2) is 5.69 Å². The van der Waals surface area contributed by atoms with E-state index in [2.05, 4.69) is 15.3 Å². The van der Waals surface area contributed by atoms with Crippen LogP contribution < -0.4 is 5.32 Å². The Hall–Kier alpha value is -1.73. The maximum absolute atomic E-state index is 10.5. The van der Waals surface area contributed by atoms with Crippen molar-refractivity contribution in [3.8, 4) is 0 Å². The van der Waals surface area contributed by atoms with Crippen LogP contribution in [-0.2, 0) is 4.74 Å². The number of ether oxygens (including phenoxy) is 1. The summed E-state index contributed by atoms with van der Waals surface area (Å²) in [6, 6.07) is -0.296. The Balaban J connectivity index is 2.63. The summed E-state index contributed by atoms with van der Waals surface area (Å²) in [5.41, 5.74) is -0.127. The molecule has 1 aromatic rings. The maximum atomic E-state index is 10.5. The van der Waals surface area contributed by atoms with E-state index < -0.39 is 5.97 Å². The van der Waals surface area contributed by atoms with E-state index in [1.807, 2.05) is 0 Å². The van der Waals surface area contributed by atoms with E-state index in [9.17, 15) is 4.79 Å². The lowest BCUT2D eigenvalue weighted by Gasteiger charge is -2.15.